The van der Waals surface area contributed by atoms with Gasteiger partial charge in [0.15, 0.2) is 0 Å². The highest BCUT2D eigenvalue weighted by Crippen LogP contribution is 2.30. The molecule has 1 aromatic heterocycles. The average molecular weight is 327 g/mol. The molecule has 0 radical (unpaired) electrons. The van der Waals surface area contributed by atoms with Gasteiger partial charge in [-0.1, -0.05) is 34.6 Å². The zero-order valence-corrected chi connectivity index (χ0v) is 15.4. The van der Waals surface area contributed by atoms with E-state index in [9.17, 15) is 5.11 Å². The molecule has 1 atom stereocenters. The minimum absolute atomic E-state index is 0.0350. The van der Waals surface area contributed by atoms with Gasteiger partial charge in [0, 0.05) is 30.4 Å². The highest BCUT2D eigenvalue weighted by molar-refractivity contribution is 7.09. The van der Waals surface area contributed by atoms with Crippen LogP contribution in [0.4, 0.5) is 0 Å². The highest BCUT2D eigenvalue weighted by atomic mass is 32.1. The van der Waals surface area contributed by atoms with Crippen molar-refractivity contribution in [1.82, 2.24) is 9.88 Å². The van der Waals surface area contributed by atoms with E-state index in [1.54, 1.807) is 11.3 Å². The number of aliphatic hydroxyl groups is 1. The van der Waals surface area contributed by atoms with Crippen LogP contribution >= 0.6 is 11.3 Å². The van der Waals surface area contributed by atoms with Gasteiger partial charge in [-0.05, 0) is 12.8 Å². The summed E-state index contributed by atoms with van der Waals surface area (Å²) in [6.07, 6.45) is 1.61. The Morgan fingerprint density at radius 2 is 2.05 bits per heavy atom. The van der Waals surface area contributed by atoms with E-state index in [0.717, 1.165) is 43.2 Å². The zero-order chi connectivity index (χ0) is 16.4. The number of thiazole rings is 1. The summed E-state index contributed by atoms with van der Waals surface area (Å²) < 4.78 is 5.93. The van der Waals surface area contributed by atoms with Crippen molar-refractivity contribution in [3.8, 4) is 0 Å². The molecule has 1 aromatic rings. The Morgan fingerprint density at radius 1 is 1.36 bits per heavy atom. The molecule has 1 saturated heterocycles. The van der Waals surface area contributed by atoms with Crippen LogP contribution in [-0.2, 0) is 10.2 Å². The first-order valence-corrected chi connectivity index (χ1v) is 9.17. The molecule has 0 amide bonds. The Morgan fingerprint density at radius 3 is 2.59 bits per heavy atom. The maximum atomic E-state index is 10.6. The lowest BCUT2D eigenvalue weighted by Crippen LogP contribution is -2.47. The lowest BCUT2D eigenvalue weighted by molar-refractivity contribution is -0.0682. The molecule has 126 valence electrons. The van der Waals surface area contributed by atoms with Gasteiger partial charge in [0.05, 0.1) is 17.9 Å². The molecule has 0 saturated carbocycles. The molecule has 4 nitrogen and oxygen atoms in total. The summed E-state index contributed by atoms with van der Waals surface area (Å²) in [7, 11) is 0. The molecule has 0 bridgehead atoms. The van der Waals surface area contributed by atoms with Crippen molar-refractivity contribution < 1.29 is 9.84 Å². The fourth-order valence-corrected chi connectivity index (χ4v) is 3.75. The van der Waals surface area contributed by atoms with Gasteiger partial charge in [-0.2, -0.15) is 0 Å². The van der Waals surface area contributed by atoms with Crippen molar-refractivity contribution in [2.75, 3.05) is 26.2 Å². The number of hydrogen-bond donors (Lipinski definition) is 1. The number of ether oxygens (including phenoxy) is 1. The topological polar surface area (TPSA) is 45.6 Å². The molecular formula is C17H30N2O2S. The van der Waals surface area contributed by atoms with Crippen molar-refractivity contribution in [3.63, 3.8) is 0 Å². The van der Waals surface area contributed by atoms with E-state index in [4.69, 9.17) is 9.72 Å². The van der Waals surface area contributed by atoms with Crippen molar-refractivity contribution >= 4 is 11.3 Å². The number of rotatable bonds is 5. The minimum Gasteiger partial charge on any atom is -0.389 e. The van der Waals surface area contributed by atoms with Crippen molar-refractivity contribution in [1.29, 1.82) is 0 Å². The van der Waals surface area contributed by atoms with E-state index < -0.39 is 5.60 Å². The van der Waals surface area contributed by atoms with E-state index >= 15 is 0 Å². The second kappa shape index (κ2) is 6.95. The van der Waals surface area contributed by atoms with E-state index in [1.165, 1.54) is 0 Å². The number of aromatic nitrogens is 1. The first-order chi connectivity index (χ1) is 10.3. The van der Waals surface area contributed by atoms with Crippen molar-refractivity contribution in [2.45, 2.75) is 64.6 Å². The maximum Gasteiger partial charge on any atom is 0.123 e. The third kappa shape index (κ3) is 4.28. The summed E-state index contributed by atoms with van der Waals surface area (Å²) in [6.45, 7) is 13.8. The Kier molecular flexibility index (Phi) is 5.64. The second-order valence-corrected chi connectivity index (χ2v) is 8.24. The highest BCUT2D eigenvalue weighted by Gasteiger charge is 2.31. The summed E-state index contributed by atoms with van der Waals surface area (Å²) in [4.78, 5) is 7.10. The van der Waals surface area contributed by atoms with E-state index in [-0.39, 0.29) is 11.5 Å². The molecule has 5 heteroatoms. The molecule has 2 rings (SSSR count). The Hall–Kier alpha value is -0.490. The molecular weight excluding hydrogens is 296 g/mol. The molecule has 1 aliphatic rings. The summed E-state index contributed by atoms with van der Waals surface area (Å²) in [5, 5.41) is 13.8. The molecule has 1 fully saturated rings. The van der Waals surface area contributed by atoms with Gasteiger partial charge < -0.3 is 9.84 Å². The summed E-state index contributed by atoms with van der Waals surface area (Å²) in [5.74, 6) is 0. The van der Waals surface area contributed by atoms with Gasteiger partial charge in [-0.15, -0.1) is 11.3 Å². The average Bonchev–Trinajstić information content (AvgIpc) is 2.97. The molecule has 0 aromatic carbocycles. The molecule has 1 aliphatic heterocycles. The summed E-state index contributed by atoms with van der Waals surface area (Å²) >= 11 is 1.69. The van der Waals surface area contributed by atoms with Gasteiger partial charge in [0.25, 0.3) is 0 Å². The molecule has 22 heavy (non-hydrogen) atoms. The van der Waals surface area contributed by atoms with Crippen LogP contribution in [0.2, 0.25) is 0 Å². The first-order valence-electron chi connectivity index (χ1n) is 8.29. The third-order valence-electron chi connectivity index (χ3n) is 4.55. The monoisotopic (exact) mass is 326 g/mol. The van der Waals surface area contributed by atoms with Gasteiger partial charge in [0.1, 0.15) is 11.1 Å². The molecule has 0 spiro atoms. The Bertz CT molecular complexity index is 477. The number of hydrogen-bond acceptors (Lipinski definition) is 5. The van der Waals surface area contributed by atoms with Gasteiger partial charge >= 0.3 is 0 Å². The first kappa shape index (κ1) is 17.9. The lowest BCUT2D eigenvalue weighted by atomic mass is 9.93. The predicted molar refractivity (Wildman–Crippen MR) is 91.5 cm³/mol. The molecule has 1 N–H and O–H groups in total. The summed E-state index contributed by atoms with van der Waals surface area (Å²) in [5.41, 5.74) is 0.626. The van der Waals surface area contributed by atoms with Crippen LogP contribution in [0, 0.1) is 0 Å². The maximum absolute atomic E-state index is 10.6. The Labute approximate surface area is 138 Å². The van der Waals surface area contributed by atoms with Crippen LogP contribution in [-0.4, -0.2) is 46.8 Å². The van der Waals surface area contributed by atoms with Crippen molar-refractivity contribution in [3.05, 3.63) is 16.1 Å². The lowest BCUT2D eigenvalue weighted by Gasteiger charge is -2.37. The number of nitrogens with zero attached hydrogens (tertiary/aromatic N) is 2. The molecule has 2 heterocycles. The van der Waals surface area contributed by atoms with Crippen LogP contribution in [0.15, 0.2) is 5.38 Å². The standard InChI is InChI=1S/C17H30N2O2S/c1-6-17(20,7-2)12-19-8-9-21-13(10-19)15-18-14(11-22-15)16(3,4)5/h11,13,20H,6-10,12H2,1-5H3. The smallest absolute Gasteiger partial charge is 0.123 e. The third-order valence-corrected chi connectivity index (χ3v) is 5.49. The van der Waals surface area contributed by atoms with Gasteiger partial charge in [-0.3, -0.25) is 4.90 Å². The fourth-order valence-electron chi connectivity index (χ4n) is 2.67. The van der Waals surface area contributed by atoms with E-state index in [2.05, 4.69) is 44.9 Å². The van der Waals surface area contributed by atoms with Crippen LogP contribution in [0.5, 0.6) is 0 Å². The number of β-amino-alcohol motifs (C(OH)–C–C–N with tert-alkyl or cyclic N) is 1. The molecule has 0 aliphatic carbocycles. The van der Waals surface area contributed by atoms with Crippen LogP contribution < -0.4 is 0 Å². The molecule has 1 unspecified atom stereocenters. The zero-order valence-electron chi connectivity index (χ0n) is 14.6. The van der Waals surface area contributed by atoms with Crippen LogP contribution in [0.25, 0.3) is 0 Å². The number of morpholine rings is 1. The normalized spacial score (nSPS) is 21.3. The fraction of sp³-hybridized carbons (Fsp3) is 0.824. The largest absolute Gasteiger partial charge is 0.389 e. The SMILES string of the molecule is CCC(O)(CC)CN1CCOC(c2nc(C(C)(C)C)cs2)C1. The quantitative estimate of drug-likeness (QED) is 0.901. The van der Waals surface area contributed by atoms with Gasteiger partial charge in [0.2, 0.25) is 0 Å². The minimum atomic E-state index is -0.582. The van der Waals surface area contributed by atoms with Crippen LogP contribution in [0.1, 0.15) is 64.3 Å². The summed E-state index contributed by atoms with van der Waals surface area (Å²) in [6, 6.07) is 0. The Balaban J connectivity index is 2.03. The van der Waals surface area contributed by atoms with E-state index in [1.807, 2.05) is 0 Å². The predicted octanol–water partition coefficient (Wildman–Crippen LogP) is 3.37. The van der Waals surface area contributed by atoms with Crippen LogP contribution in [0.3, 0.4) is 0 Å². The van der Waals surface area contributed by atoms with Gasteiger partial charge in [-0.25, -0.2) is 4.98 Å². The van der Waals surface area contributed by atoms with Crippen molar-refractivity contribution in [2.24, 2.45) is 0 Å². The second-order valence-electron chi connectivity index (χ2n) is 7.35. The van der Waals surface area contributed by atoms with E-state index in [0.29, 0.717) is 6.61 Å².